The molecule has 1 aliphatic heterocycles. The normalized spacial score (nSPS) is 19.7. The second-order valence-corrected chi connectivity index (χ2v) is 10.1. The predicted molar refractivity (Wildman–Crippen MR) is 133 cm³/mol. The molecule has 1 amide bonds. The number of nitrogens with one attached hydrogen (secondary N) is 1. The lowest BCUT2D eigenvalue weighted by Gasteiger charge is -2.17. The molecule has 0 spiro atoms. The summed E-state index contributed by atoms with van der Waals surface area (Å²) in [5.41, 5.74) is 5.56. The van der Waals surface area contributed by atoms with Crippen molar-refractivity contribution in [3.8, 4) is 23.0 Å². The topological polar surface area (TPSA) is 74.0 Å². The van der Waals surface area contributed by atoms with Crippen molar-refractivity contribution in [3.05, 3.63) is 68.8 Å². The number of nitriles is 1. The van der Waals surface area contributed by atoms with Gasteiger partial charge in [0.2, 0.25) is 5.91 Å². The second-order valence-electron chi connectivity index (χ2n) is 8.86. The monoisotopic (exact) mass is 513 g/mol. The van der Waals surface area contributed by atoms with Crippen LogP contribution in [0, 0.1) is 23.2 Å². The van der Waals surface area contributed by atoms with E-state index in [1.807, 2.05) is 17.1 Å². The Bertz CT molecular complexity index is 1270. The van der Waals surface area contributed by atoms with Crippen molar-refractivity contribution in [2.24, 2.45) is 11.8 Å². The summed E-state index contributed by atoms with van der Waals surface area (Å²) in [5.74, 6) is 1.14. The Morgan fingerprint density at radius 2 is 1.74 bits per heavy atom. The number of benzene rings is 2. The molecular weight excluding hydrogens is 493 g/mol. The number of hydrogen-bond acceptors (Lipinski definition) is 4. The van der Waals surface area contributed by atoms with Crippen molar-refractivity contribution < 1.29 is 4.79 Å². The molecule has 3 aromatic rings. The molecule has 9 heteroatoms. The van der Waals surface area contributed by atoms with Crippen molar-refractivity contribution in [2.45, 2.75) is 25.7 Å². The fourth-order valence-electron chi connectivity index (χ4n) is 5.10. The number of hydrazine groups is 1. The highest BCUT2D eigenvalue weighted by Gasteiger charge is 2.36. The molecule has 1 saturated carbocycles. The summed E-state index contributed by atoms with van der Waals surface area (Å²) < 4.78 is 1.60. The number of nitrogens with zero attached hydrogens (tertiary/aromatic N) is 4. The van der Waals surface area contributed by atoms with Crippen LogP contribution in [0.5, 0.6) is 0 Å². The van der Waals surface area contributed by atoms with E-state index in [1.54, 1.807) is 35.0 Å². The maximum atomic E-state index is 12.9. The molecule has 2 atom stereocenters. The Hall–Kier alpha value is -2.56. The fourth-order valence-corrected chi connectivity index (χ4v) is 5.72. The Kier molecular flexibility index (Phi) is 6.54. The van der Waals surface area contributed by atoms with Crippen LogP contribution in [0.3, 0.4) is 0 Å². The summed E-state index contributed by atoms with van der Waals surface area (Å²) in [5, 5.41) is 18.2. The quantitative estimate of drug-likeness (QED) is 0.476. The van der Waals surface area contributed by atoms with Crippen LogP contribution in [0.25, 0.3) is 16.9 Å². The van der Waals surface area contributed by atoms with Gasteiger partial charge < -0.3 is 0 Å². The first kappa shape index (κ1) is 23.2. The SMILES string of the molecule is N#Cc1c(CC(=O)NN2CC3CCCC3C2)nn(-c2ccc(Cl)cc2Cl)c1-c1ccc(Cl)cc1. The fraction of sp³-hybridized carbons (Fsp3) is 0.320. The van der Waals surface area contributed by atoms with Gasteiger partial charge in [0.15, 0.2) is 0 Å². The van der Waals surface area contributed by atoms with Gasteiger partial charge in [0.1, 0.15) is 11.6 Å². The molecular formula is C25H22Cl3N5O. The van der Waals surface area contributed by atoms with E-state index in [9.17, 15) is 10.1 Å². The van der Waals surface area contributed by atoms with Crippen molar-refractivity contribution in [1.82, 2.24) is 20.2 Å². The summed E-state index contributed by atoms with van der Waals surface area (Å²) >= 11 is 18.7. The summed E-state index contributed by atoms with van der Waals surface area (Å²) in [7, 11) is 0. The number of hydrogen-bond donors (Lipinski definition) is 1. The average molecular weight is 515 g/mol. The van der Waals surface area contributed by atoms with Crippen LogP contribution in [0.4, 0.5) is 0 Å². The average Bonchev–Trinajstić information content (AvgIpc) is 3.48. The van der Waals surface area contributed by atoms with Crippen molar-refractivity contribution >= 4 is 40.7 Å². The lowest BCUT2D eigenvalue weighted by molar-refractivity contribution is -0.125. The van der Waals surface area contributed by atoms with Crippen LogP contribution >= 0.6 is 34.8 Å². The van der Waals surface area contributed by atoms with E-state index in [-0.39, 0.29) is 12.3 Å². The van der Waals surface area contributed by atoms with E-state index in [0.29, 0.717) is 49.5 Å². The van der Waals surface area contributed by atoms with Gasteiger partial charge in [0.05, 0.1) is 28.5 Å². The Morgan fingerprint density at radius 1 is 1.06 bits per heavy atom. The van der Waals surface area contributed by atoms with Gasteiger partial charge in [-0.3, -0.25) is 10.2 Å². The van der Waals surface area contributed by atoms with E-state index in [2.05, 4.69) is 16.6 Å². The zero-order chi connectivity index (χ0) is 23.8. The highest BCUT2D eigenvalue weighted by atomic mass is 35.5. The van der Waals surface area contributed by atoms with Gasteiger partial charge in [-0.2, -0.15) is 10.4 Å². The standard InChI is InChI=1S/C25H22Cl3N5O/c26-18-6-4-15(5-7-18)25-20(12-29)22(30-33(25)23-9-8-19(27)10-21(23)28)11-24(34)31-32-13-16-2-1-3-17(16)14-32/h4-10,16-17H,1-3,11,13-14H2,(H,31,34). The molecule has 0 radical (unpaired) electrons. The minimum atomic E-state index is -0.189. The molecule has 1 saturated heterocycles. The van der Waals surface area contributed by atoms with Crippen LogP contribution < -0.4 is 5.43 Å². The van der Waals surface area contributed by atoms with Crippen molar-refractivity contribution in [3.63, 3.8) is 0 Å². The molecule has 6 nitrogen and oxygen atoms in total. The third kappa shape index (κ3) is 4.54. The molecule has 34 heavy (non-hydrogen) atoms. The number of carbonyl (C=O) groups is 1. The van der Waals surface area contributed by atoms with Gasteiger partial charge in [0, 0.05) is 28.7 Å². The molecule has 1 N–H and O–H groups in total. The third-order valence-corrected chi connectivity index (χ3v) is 7.45. The van der Waals surface area contributed by atoms with Gasteiger partial charge in [-0.25, -0.2) is 9.69 Å². The highest BCUT2D eigenvalue weighted by Crippen LogP contribution is 2.37. The van der Waals surface area contributed by atoms with Gasteiger partial charge >= 0.3 is 0 Å². The Morgan fingerprint density at radius 3 is 2.38 bits per heavy atom. The summed E-state index contributed by atoms with van der Waals surface area (Å²) in [6, 6.07) is 14.4. The first-order valence-corrected chi connectivity index (χ1v) is 12.3. The minimum Gasteiger partial charge on any atom is -0.289 e. The minimum absolute atomic E-state index is 0.0203. The summed E-state index contributed by atoms with van der Waals surface area (Å²) in [4.78, 5) is 12.9. The molecule has 1 aliphatic carbocycles. The van der Waals surface area contributed by atoms with Crippen LogP contribution in [0.15, 0.2) is 42.5 Å². The largest absolute Gasteiger partial charge is 0.289 e. The van der Waals surface area contributed by atoms with Crippen LogP contribution in [0.1, 0.15) is 30.5 Å². The summed E-state index contributed by atoms with van der Waals surface area (Å²) in [6.07, 6.45) is 3.72. The molecule has 2 heterocycles. The Labute approximate surface area is 213 Å². The van der Waals surface area contributed by atoms with E-state index in [0.717, 1.165) is 18.7 Å². The Balaban J connectivity index is 1.49. The van der Waals surface area contributed by atoms with E-state index in [1.165, 1.54) is 19.3 Å². The molecule has 1 aromatic heterocycles. The first-order valence-electron chi connectivity index (χ1n) is 11.2. The number of carbonyl (C=O) groups excluding carboxylic acids is 1. The molecule has 174 valence electrons. The summed E-state index contributed by atoms with van der Waals surface area (Å²) in [6.45, 7) is 1.76. The van der Waals surface area contributed by atoms with Crippen LogP contribution in [-0.2, 0) is 11.2 Å². The zero-order valence-electron chi connectivity index (χ0n) is 18.3. The lowest BCUT2D eigenvalue weighted by Crippen LogP contribution is -2.42. The molecule has 5 rings (SSSR count). The zero-order valence-corrected chi connectivity index (χ0v) is 20.5. The molecule has 2 fully saturated rings. The second kappa shape index (κ2) is 9.59. The number of rotatable bonds is 5. The van der Waals surface area contributed by atoms with Crippen molar-refractivity contribution in [2.75, 3.05) is 13.1 Å². The maximum Gasteiger partial charge on any atom is 0.240 e. The van der Waals surface area contributed by atoms with Gasteiger partial charge in [-0.1, -0.05) is 53.4 Å². The molecule has 2 unspecified atom stereocenters. The number of amides is 1. The number of aromatic nitrogens is 2. The lowest BCUT2D eigenvalue weighted by atomic mass is 10.0. The van der Waals surface area contributed by atoms with Crippen LogP contribution in [0.2, 0.25) is 15.1 Å². The first-order chi connectivity index (χ1) is 16.4. The molecule has 0 bridgehead atoms. The molecule has 2 aliphatic rings. The van der Waals surface area contributed by atoms with Crippen molar-refractivity contribution in [1.29, 1.82) is 5.26 Å². The van der Waals surface area contributed by atoms with Gasteiger partial charge in [-0.05, 0) is 55.0 Å². The third-order valence-electron chi connectivity index (χ3n) is 6.66. The van der Waals surface area contributed by atoms with E-state index >= 15 is 0 Å². The number of fused-ring (bicyclic) bond motifs is 1. The smallest absolute Gasteiger partial charge is 0.240 e. The maximum absolute atomic E-state index is 12.9. The van der Waals surface area contributed by atoms with Gasteiger partial charge in [0.25, 0.3) is 0 Å². The molecule has 2 aromatic carbocycles. The van der Waals surface area contributed by atoms with E-state index < -0.39 is 0 Å². The van der Waals surface area contributed by atoms with Gasteiger partial charge in [-0.15, -0.1) is 0 Å². The number of halogens is 3. The predicted octanol–water partition coefficient (Wildman–Crippen LogP) is 5.68. The highest BCUT2D eigenvalue weighted by molar-refractivity contribution is 6.35. The van der Waals surface area contributed by atoms with Crippen LogP contribution in [-0.4, -0.2) is 33.8 Å². The van der Waals surface area contributed by atoms with E-state index in [4.69, 9.17) is 34.8 Å².